The largest absolute Gasteiger partial charge is 0.480 e. The number of morpholine rings is 1. The van der Waals surface area contributed by atoms with Crippen molar-refractivity contribution in [2.75, 3.05) is 32.8 Å². The Balaban J connectivity index is 2.34. The Labute approximate surface area is 119 Å². The second-order valence-electron chi connectivity index (χ2n) is 5.49. The summed E-state index contributed by atoms with van der Waals surface area (Å²) in [6.45, 7) is 9.30. The quantitative estimate of drug-likeness (QED) is 0.645. The molecule has 0 aromatic carbocycles. The van der Waals surface area contributed by atoms with Crippen LogP contribution < -0.4 is 10.6 Å². The van der Waals surface area contributed by atoms with Gasteiger partial charge < -0.3 is 20.5 Å². The van der Waals surface area contributed by atoms with E-state index in [9.17, 15) is 9.59 Å². The fraction of sp³-hybridized carbons (Fsp3) is 0.846. The first kappa shape index (κ1) is 16.7. The van der Waals surface area contributed by atoms with Crippen LogP contribution in [0.15, 0.2) is 0 Å². The van der Waals surface area contributed by atoms with Crippen molar-refractivity contribution in [3.8, 4) is 0 Å². The van der Waals surface area contributed by atoms with Crippen LogP contribution in [0.25, 0.3) is 0 Å². The number of urea groups is 1. The van der Waals surface area contributed by atoms with Gasteiger partial charge in [-0.05, 0) is 12.8 Å². The first-order valence-corrected chi connectivity index (χ1v) is 7.00. The number of aliphatic carboxylic acids is 1. The van der Waals surface area contributed by atoms with Gasteiger partial charge in [0.1, 0.15) is 6.04 Å². The average Bonchev–Trinajstić information content (AvgIpc) is 2.36. The lowest BCUT2D eigenvalue weighted by Gasteiger charge is -2.29. The number of carbonyl (C=O) groups is 2. The SMILES string of the molecule is CC(CN1CCOCC1)NC(=O)N[C@@H](C(=O)O)C(C)C. The molecule has 0 saturated carbocycles. The summed E-state index contributed by atoms with van der Waals surface area (Å²) >= 11 is 0. The van der Waals surface area contributed by atoms with Gasteiger partial charge >= 0.3 is 12.0 Å². The summed E-state index contributed by atoms with van der Waals surface area (Å²) in [7, 11) is 0. The Hall–Kier alpha value is -1.34. The number of nitrogens with zero attached hydrogens (tertiary/aromatic N) is 1. The molecule has 0 spiro atoms. The third-order valence-corrected chi connectivity index (χ3v) is 3.23. The molecule has 7 nitrogen and oxygen atoms in total. The Bertz CT molecular complexity index is 330. The molecule has 0 radical (unpaired) electrons. The number of hydrogen-bond acceptors (Lipinski definition) is 4. The molecule has 1 aliphatic rings. The summed E-state index contributed by atoms with van der Waals surface area (Å²) in [5, 5.41) is 14.3. The van der Waals surface area contributed by atoms with Crippen LogP contribution in [-0.4, -0.2) is 66.9 Å². The molecule has 116 valence electrons. The van der Waals surface area contributed by atoms with Gasteiger partial charge in [-0.25, -0.2) is 9.59 Å². The highest BCUT2D eigenvalue weighted by Gasteiger charge is 2.24. The number of carboxylic acids is 1. The van der Waals surface area contributed by atoms with E-state index in [4.69, 9.17) is 9.84 Å². The van der Waals surface area contributed by atoms with Crippen LogP contribution in [0, 0.1) is 5.92 Å². The van der Waals surface area contributed by atoms with E-state index in [0.29, 0.717) is 13.2 Å². The van der Waals surface area contributed by atoms with Gasteiger partial charge in [0.05, 0.1) is 13.2 Å². The van der Waals surface area contributed by atoms with E-state index in [2.05, 4.69) is 15.5 Å². The van der Waals surface area contributed by atoms with Gasteiger partial charge in [0.25, 0.3) is 0 Å². The van der Waals surface area contributed by atoms with Crippen molar-refractivity contribution in [3.05, 3.63) is 0 Å². The summed E-state index contributed by atoms with van der Waals surface area (Å²) in [4.78, 5) is 25.0. The van der Waals surface area contributed by atoms with E-state index in [0.717, 1.165) is 19.6 Å². The summed E-state index contributed by atoms with van der Waals surface area (Å²) in [6, 6.07) is -1.35. The molecule has 3 N–H and O–H groups in total. The normalized spacial score (nSPS) is 19.4. The van der Waals surface area contributed by atoms with Crippen molar-refractivity contribution in [2.24, 2.45) is 5.92 Å². The van der Waals surface area contributed by atoms with Crippen LogP contribution >= 0.6 is 0 Å². The highest BCUT2D eigenvalue weighted by molar-refractivity contribution is 5.82. The number of rotatable bonds is 6. The van der Waals surface area contributed by atoms with E-state index < -0.39 is 18.0 Å². The zero-order valence-corrected chi connectivity index (χ0v) is 12.4. The molecule has 1 heterocycles. The van der Waals surface area contributed by atoms with Gasteiger partial charge in [0.15, 0.2) is 0 Å². The lowest BCUT2D eigenvalue weighted by Crippen LogP contribution is -2.53. The summed E-state index contributed by atoms with van der Waals surface area (Å²) in [6.07, 6.45) is 0. The van der Waals surface area contributed by atoms with E-state index >= 15 is 0 Å². The molecular formula is C13H25N3O4. The molecule has 20 heavy (non-hydrogen) atoms. The third kappa shape index (κ3) is 5.75. The molecule has 7 heteroatoms. The fourth-order valence-corrected chi connectivity index (χ4v) is 2.14. The molecule has 0 bridgehead atoms. The van der Waals surface area contributed by atoms with Gasteiger partial charge in [-0.2, -0.15) is 0 Å². The van der Waals surface area contributed by atoms with Crippen LogP contribution in [0.4, 0.5) is 4.79 Å². The van der Waals surface area contributed by atoms with Crippen molar-refractivity contribution < 1.29 is 19.4 Å². The Morgan fingerprint density at radius 1 is 1.20 bits per heavy atom. The number of carboxylic acid groups (broad SMARTS) is 1. The molecule has 0 aliphatic carbocycles. The Morgan fingerprint density at radius 2 is 1.80 bits per heavy atom. The van der Waals surface area contributed by atoms with Gasteiger partial charge in [0.2, 0.25) is 0 Å². The molecule has 0 aromatic heterocycles. The third-order valence-electron chi connectivity index (χ3n) is 3.23. The molecular weight excluding hydrogens is 262 g/mol. The predicted molar refractivity (Wildman–Crippen MR) is 74.7 cm³/mol. The topological polar surface area (TPSA) is 90.9 Å². The number of hydrogen-bond donors (Lipinski definition) is 3. The monoisotopic (exact) mass is 287 g/mol. The number of carbonyl (C=O) groups excluding carboxylic acids is 1. The van der Waals surface area contributed by atoms with E-state index in [-0.39, 0.29) is 12.0 Å². The van der Waals surface area contributed by atoms with Crippen molar-refractivity contribution in [3.63, 3.8) is 0 Å². The van der Waals surface area contributed by atoms with Crippen molar-refractivity contribution in [1.29, 1.82) is 0 Å². The standard InChI is InChI=1S/C13H25N3O4/c1-9(2)11(12(17)18)15-13(19)14-10(3)8-16-4-6-20-7-5-16/h9-11H,4-8H2,1-3H3,(H,17,18)(H2,14,15,19)/t10?,11-/m1/s1. The minimum absolute atomic E-state index is 0.0466. The average molecular weight is 287 g/mol. The predicted octanol–water partition coefficient (Wildman–Crippen LogP) is 0.116. The lowest BCUT2D eigenvalue weighted by molar-refractivity contribution is -0.140. The highest BCUT2D eigenvalue weighted by atomic mass is 16.5. The maximum Gasteiger partial charge on any atom is 0.326 e. The van der Waals surface area contributed by atoms with Crippen LogP contribution in [-0.2, 0) is 9.53 Å². The van der Waals surface area contributed by atoms with E-state index in [1.807, 2.05) is 6.92 Å². The van der Waals surface area contributed by atoms with Crippen molar-refractivity contribution in [2.45, 2.75) is 32.9 Å². The summed E-state index contributed by atoms with van der Waals surface area (Å²) < 4.78 is 5.26. The number of ether oxygens (including phenoxy) is 1. The summed E-state index contributed by atoms with van der Waals surface area (Å²) in [5.74, 6) is -1.18. The first-order valence-electron chi connectivity index (χ1n) is 7.00. The zero-order valence-electron chi connectivity index (χ0n) is 12.4. The number of amides is 2. The minimum Gasteiger partial charge on any atom is -0.480 e. The number of nitrogens with one attached hydrogen (secondary N) is 2. The molecule has 0 aromatic rings. The maximum absolute atomic E-state index is 11.8. The molecule has 1 unspecified atom stereocenters. The minimum atomic E-state index is -1.02. The Morgan fingerprint density at radius 3 is 2.30 bits per heavy atom. The van der Waals surface area contributed by atoms with Crippen LogP contribution in [0.3, 0.4) is 0 Å². The molecule has 1 rings (SSSR count). The second kappa shape index (κ2) is 8.06. The van der Waals surface area contributed by atoms with Crippen molar-refractivity contribution in [1.82, 2.24) is 15.5 Å². The van der Waals surface area contributed by atoms with Crippen LogP contribution in [0.5, 0.6) is 0 Å². The highest BCUT2D eigenvalue weighted by Crippen LogP contribution is 2.02. The molecule has 1 saturated heterocycles. The van der Waals surface area contributed by atoms with Crippen LogP contribution in [0.1, 0.15) is 20.8 Å². The van der Waals surface area contributed by atoms with Crippen molar-refractivity contribution >= 4 is 12.0 Å². The molecule has 2 amide bonds. The zero-order chi connectivity index (χ0) is 15.1. The van der Waals surface area contributed by atoms with Gasteiger partial charge in [-0.15, -0.1) is 0 Å². The fourth-order valence-electron chi connectivity index (χ4n) is 2.14. The first-order chi connectivity index (χ1) is 9.40. The summed E-state index contributed by atoms with van der Waals surface area (Å²) in [5.41, 5.74) is 0. The second-order valence-corrected chi connectivity index (χ2v) is 5.49. The maximum atomic E-state index is 11.8. The molecule has 1 aliphatic heterocycles. The molecule has 1 fully saturated rings. The van der Waals surface area contributed by atoms with Gasteiger partial charge in [-0.3, -0.25) is 4.90 Å². The lowest BCUT2D eigenvalue weighted by atomic mass is 10.1. The van der Waals surface area contributed by atoms with Gasteiger partial charge in [-0.1, -0.05) is 13.8 Å². The van der Waals surface area contributed by atoms with E-state index in [1.165, 1.54) is 0 Å². The molecule has 2 atom stereocenters. The van der Waals surface area contributed by atoms with E-state index in [1.54, 1.807) is 13.8 Å². The Kier molecular flexibility index (Phi) is 6.74. The van der Waals surface area contributed by atoms with Crippen LogP contribution in [0.2, 0.25) is 0 Å². The van der Waals surface area contributed by atoms with Gasteiger partial charge in [0, 0.05) is 25.7 Å². The smallest absolute Gasteiger partial charge is 0.326 e.